The molecule has 1 aromatic heterocycles. The van der Waals surface area contributed by atoms with Crippen LogP contribution in [-0.4, -0.2) is 51.6 Å². The van der Waals surface area contributed by atoms with Crippen LogP contribution in [0.2, 0.25) is 0 Å². The highest BCUT2D eigenvalue weighted by Gasteiger charge is 2.16. The maximum Gasteiger partial charge on any atom is 0.233 e. The zero-order valence-corrected chi connectivity index (χ0v) is 18.1. The molecule has 0 saturated carbocycles. The second-order valence-corrected chi connectivity index (χ2v) is 8.21. The molecule has 4 rings (SSSR count). The summed E-state index contributed by atoms with van der Waals surface area (Å²) in [7, 11) is 1.80. The summed E-state index contributed by atoms with van der Waals surface area (Å²) in [5, 5.41) is 8.90. The summed E-state index contributed by atoms with van der Waals surface area (Å²) in [5.41, 5.74) is 4.42. The van der Waals surface area contributed by atoms with Crippen LogP contribution in [-0.2, 0) is 11.3 Å². The number of thioether (sulfide) groups is 1. The second-order valence-electron chi connectivity index (χ2n) is 7.27. The summed E-state index contributed by atoms with van der Waals surface area (Å²) in [5.74, 6) is 1.78. The van der Waals surface area contributed by atoms with Crippen molar-refractivity contribution in [3.63, 3.8) is 0 Å². The van der Waals surface area contributed by atoms with E-state index in [2.05, 4.69) is 36.2 Å². The van der Waals surface area contributed by atoms with E-state index in [4.69, 9.17) is 9.47 Å². The molecule has 8 heteroatoms. The molecule has 3 aromatic rings. The Balaban J connectivity index is 1.38. The summed E-state index contributed by atoms with van der Waals surface area (Å²) in [4.78, 5) is 14.4. The largest absolute Gasteiger partial charge is 0.486 e. The van der Waals surface area contributed by atoms with Crippen LogP contribution in [0.15, 0.2) is 47.9 Å². The first-order chi connectivity index (χ1) is 14.5. The summed E-state index contributed by atoms with van der Waals surface area (Å²) in [6.45, 7) is 5.77. The molecule has 30 heavy (non-hydrogen) atoms. The normalized spacial score (nSPS) is 12.6. The lowest BCUT2D eigenvalue weighted by Gasteiger charge is -2.21. The van der Waals surface area contributed by atoms with Gasteiger partial charge in [0.25, 0.3) is 0 Å². The SMILES string of the molecule is Cc1ccc(-n2cnnc2SCC(=O)N(C)Cc2ccc3c(c2)OCCO3)cc1C. The molecule has 0 saturated heterocycles. The molecular weight excluding hydrogens is 400 g/mol. The van der Waals surface area contributed by atoms with E-state index in [1.807, 2.05) is 28.8 Å². The van der Waals surface area contributed by atoms with E-state index in [0.29, 0.717) is 24.9 Å². The van der Waals surface area contributed by atoms with Gasteiger partial charge in [0.2, 0.25) is 5.91 Å². The molecular formula is C22H24N4O3S. The van der Waals surface area contributed by atoms with Gasteiger partial charge in [0.15, 0.2) is 16.7 Å². The van der Waals surface area contributed by atoms with Gasteiger partial charge in [0.1, 0.15) is 19.5 Å². The van der Waals surface area contributed by atoms with Gasteiger partial charge in [0, 0.05) is 19.3 Å². The standard InChI is InChI=1S/C22H24N4O3S/c1-15-4-6-18(10-16(15)2)26-14-23-24-22(26)30-13-21(27)25(3)12-17-5-7-19-20(11-17)29-9-8-28-19/h4-7,10-11,14H,8-9,12-13H2,1-3H3. The monoisotopic (exact) mass is 424 g/mol. The summed E-state index contributed by atoms with van der Waals surface area (Å²) in [6.07, 6.45) is 1.68. The first-order valence-corrected chi connectivity index (χ1v) is 10.7. The van der Waals surface area contributed by atoms with Crippen LogP contribution in [0.3, 0.4) is 0 Å². The van der Waals surface area contributed by atoms with Crippen LogP contribution < -0.4 is 9.47 Å². The number of benzene rings is 2. The van der Waals surface area contributed by atoms with E-state index < -0.39 is 0 Å². The van der Waals surface area contributed by atoms with Crippen molar-refractivity contribution >= 4 is 17.7 Å². The number of nitrogens with zero attached hydrogens (tertiary/aromatic N) is 4. The van der Waals surface area contributed by atoms with E-state index in [-0.39, 0.29) is 11.7 Å². The lowest BCUT2D eigenvalue weighted by Crippen LogP contribution is -2.28. The molecule has 1 amide bonds. The zero-order chi connectivity index (χ0) is 21.1. The Labute approximate surface area is 180 Å². The highest BCUT2D eigenvalue weighted by molar-refractivity contribution is 7.99. The molecule has 156 valence electrons. The number of ether oxygens (including phenoxy) is 2. The van der Waals surface area contributed by atoms with E-state index >= 15 is 0 Å². The molecule has 0 aliphatic carbocycles. The average Bonchev–Trinajstić information content (AvgIpc) is 3.22. The Bertz CT molecular complexity index is 1070. The predicted octanol–water partition coefficient (Wildman–Crippen LogP) is 3.41. The smallest absolute Gasteiger partial charge is 0.233 e. The number of aromatic nitrogens is 3. The number of hydrogen-bond acceptors (Lipinski definition) is 6. The van der Waals surface area contributed by atoms with Crippen molar-refractivity contribution in [3.8, 4) is 17.2 Å². The van der Waals surface area contributed by atoms with Crippen LogP contribution in [0.1, 0.15) is 16.7 Å². The summed E-state index contributed by atoms with van der Waals surface area (Å²) >= 11 is 1.38. The van der Waals surface area contributed by atoms with Crippen molar-refractivity contribution in [1.29, 1.82) is 0 Å². The van der Waals surface area contributed by atoms with Crippen molar-refractivity contribution in [1.82, 2.24) is 19.7 Å². The first kappa shape index (κ1) is 20.3. The number of hydrogen-bond donors (Lipinski definition) is 0. The Kier molecular flexibility index (Phi) is 5.94. The third-order valence-electron chi connectivity index (χ3n) is 5.06. The summed E-state index contributed by atoms with van der Waals surface area (Å²) < 4.78 is 13.1. The molecule has 0 atom stereocenters. The van der Waals surface area contributed by atoms with Gasteiger partial charge >= 0.3 is 0 Å². The van der Waals surface area contributed by atoms with E-state index in [1.54, 1.807) is 18.3 Å². The molecule has 0 bridgehead atoms. The van der Waals surface area contributed by atoms with Gasteiger partial charge in [0.05, 0.1) is 5.75 Å². The quantitative estimate of drug-likeness (QED) is 0.565. The molecule has 0 radical (unpaired) electrons. The van der Waals surface area contributed by atoms with E-state index in [0.717, 1.165) is 22.7 Å². The molecule has 2 aromatic carbocycles. The molecule has 7 nitrogen and oxygen atoms in total. The van der Waals surface area contributed by atoms with Gasteiger partial charge in [-0.25, -0.2) is 0 Å². The highest BCUT2D eigenvalue weighted by atomic mass is 32.2. The molecule has 1 aliphatic heterocycles. The van der Waals surface area contributed by atoms with Crippen molar-refractivity contribution in [2.24, 2.45) is 0 Å². The Morgan fingerprint density at radius 2 is 1.90 bits per heavy atom. The molecule has 2 heterocycles. The average molecular weight is 425 g/mol. The number of rotatable bonds is 6. The highest BCUT2D eigenvalue weighted by Crippen LogP contribution is 2.31. The lowest BCUT2D eigenvalue weighted by atomic mass is 10.1. The number of fused-ring (bicyclic) bond motifs is 1. The zero-order valence-electron chi connectivity index (χ0n) is 17.3. The predicted molar refractivity (Wildman–Crippen MR) is 115 cm³/mol. The molecule has 0 fully saturated rings. The van der Waals surface area contributed by atoms with Gasteiger partial charge in [-0.1, -0.05) is 23.9 Å². The van der Waals surface area contributed by atoms with Gasteiger partial charge < -0.3 is 14.4 Å². The fraction of sp³-hybridized carbons (Fsp3) is 0.318. The second kappa shape index (κ2) is 8.79. The fourth-order valence-corrected chi connectivity index (χ4v) is 4.03. The van der Waals surface area contributed by atoms with Crippen LogP contribution in [0, 0.1) is 13.8 Å². The molecule has 0 spiro atoms. The van der Waals surface area contributed by atoms with Gasteiger partial charge in [-0.15, -0.1) is 10.2 Å². The minimum absolute atomic E-state index is 0.0181. The Hall–Kier alpha value is -3.00. The van der Waals surface area contributed by atoms with Crippen molar-refractivity contribution in [2.45, 2.75) is 25.5 Å². The topological polar surface area (TPSA) is 69.5 Å². The minimum atomic E-state index is 0.0181. The number of amides is 1. The third kappa shape index (κ3) is 4.43. The lowest BCUT2D eigenvalue weighted by molar-refractivity contribution is -0.127. The van der Waals surface area contributed by atoms with Crippen molar-refractivity contribution in [2.75, 3.05) is 26.0 Å². The number of aryl methyl sites for hydroxylation is 2. The van der Waals surface area contributed by atoms with Crippen LogP contribution in [0.4, 0.5) is 0 Å². The molecule has 0 unspecified atom stereocenters. The van der Waals surface area contributed by atoms with Gasteiger partial charge in [-0.2, -0.15) is 0 Å². The first-order valence-electron chi connectivity index (χ1n) is 9.74. The fourth-order valence-electron chi connectivity index (χ4n) is 3.16. The maximum atomic E-state index is 12.7. The maximum absolute atomic E-state index is 12.7. The number of carbonyl (C=O) groups is 1. The Morgan fingerprint density at radius 1 is 1.10 bits per heavy atom. The van der Waals surface area contributed by atoms with Crippen molar-refractivity contribution < 1.29 is 14.3 Å². The molecule has 1 aliphatic rings. The van der Waals surface area contributed by atoms with Crippen LogP contribution in [0.5, 0.6) is 11.5 Å². The Morgan fingerprint density at radius 3 is 2.70 bits per heavy atom. The number of carbonyl (C=O) groups excluding carboxylic acids is 1. The van der Waals surface area contributed by atoms with Crippen LogP contribution in [0.25, 0.3) is 5.69 Å². The van der Waals surface area contributed by atoms with Gasteiger partial charge in [-0.3, -0.25) is 9.36 Å². The third-order valence-corrected chi connectivity index (χ3v) is 5.99. The van der Waals surface area contributed by atoms with Gasteiger partial charge in [-0.05, 0) is 54.8 Å². The van der Waals surface area contributed by atoms with Crippen molar-refractivity contribution in [3.05, 3.63) is 59.4 Å². The van der Waals surface area contributed by atoms with E-state index in [9.17, 15) is 4.79 Å². The van der Waals surface area contributed by atoms with Crippen LogP contribution >= 0.6 is 11.8 Å². The molecule has 0 N–H and O–H groups in total. The minimum Gasteiger partial charge on any atom is -0.486 e. The van der Waals surface area contributed by atoms with E-state index in [1.165, 1.54) is 22.9 Å². The summed E-state index contributed by atoms with van der Waals surface area (Å²) in [6, 6.07) is 12.0.